The Balaban J connectivity index is 1.78. The molecule has 6 N–H and O–H groups in total. The van der Waals surface area contributed by atoms with Crippen molar-refractivity contribution in [2.24, 2.45) is 0 Å². The van der Waals surface area contributed by atoms with Gasteiger partial charge in [-0.25, -0.2) is 23.7 Å². The molecule has 3 rings (SSSR count). The number of ether oxygens (including phenoxy) is 2. The summed E-state index contributed by atoms with van der Waals surface area (Å²) in [6, 6.07) is -1.67. The summed E-state index contributed by atoms with van der Waals surface area (Å²) < 4.78 is 61.0. The van der Waals surface area contributed by atoms with Crippen LogP contribution in [-0.4, -0.2) is 74.1 Å². The number of nitrogen functional groups attached to an aromatic ring is 1. The van der Waals surface area contributed by atoms with Gasteiger partial charge >= 0.3 is 25.3 Å². The smallest absolute Gasteiger partial charge is 0.351 e. The number of aromatic nitrogens is 2. The number of hydrogen-bond acceptors (Lipinski definition) is 10. The fraction of sp³-hybridized carbons (Fsp3) is 0.727. The first-order chi connectivity index (χ1) is 18.1. The van der Waals surface area contributed by atoms with E-state index in [0.29, 0.717) is 17.4 Å². The molecule has 220 valence electrons. The van der Waals surface area contributed by atoms with Crippen LogP contribution in [0.5, 0.6) is 0 Å². The highest BCUT2D eigenvalue weighted by molar-refractivity contribution is 7.54. The third-order valence-electron chi connectivity index (χ3n) is 6.57. The van der Waals surface area contributed by atoms with Gasteiger partial charge in [-0.2, -0.15) is 4.98 Å². The standard InChI is InChI=1S/C22H34F2N5O9P/c1-12(16(30)31)27-39(35,28-13(2)17(32)37-14-7-5-4-6-8-14)36-11-22(24)18(33)21(3,23)19(38-22)29-10-9-15(25)26-20(29)34/h9-10,12-14,18-19,33H,4-8,11H2,1-3H3,(H,30,31)(H2,25,26,34)(H2,27,28,35)/t12-,13-,18-,19+,21+,22+,39?/m0/s1. The van der Waals surface area contributed by atoms with Gasteiger partial charge < -0.3 is 25.4 Å². The number of rotatable bonds is 11. The van der Waals surface area contributed by atoms with Crippen molar-refractivity contribution in [1.29, 1.82) is 0 Å². The predicted molar refractivity (Wildman–Crippen MR) is 132 cm³/mol. The maximum Gasteiger partial charge on any atom is 0.351 e. The van der Waals surface area contributed by atoms with Crippen molar-refractivity contribution in [3.63, 3.8) is 0 Å². The summed E-state index contributed by atoms with van der Waals surface area (Å²) in [5.41, 5.74) is 1.43. The molecule has 2 aliphatic rings. The maximum atomic E-state index is 15.8. The van der Waals surface area contributed by atoms with E-state index in [9.17, 15) is 29.2 Å². The van der Waals surface area contributed by atoms with Crippen LogP contribution in [-0.2, 0) is 28.2 Å². The first-order valence-electron chi connectivity index (χ1n) is 12.4. The second kappa shape index (κ2) is 11.9. The first kappa shape index (κ1) is 31.0. The molecule has 17 heteroatoms. The second-order valence-electron chi connectivity index (χ2n) is 9.91. The highest BCUT2D eigenvalue weighted by Crippen LogP contribution is 2.49. The zero-order valence-electron chi connectivity index (χ0n) is 21.7. The van der Waals surface area contributed by atoms with Crippen LogP contribution in [0.2, 0.25) is 0 Å². The lowest BCUT2D eigenvalue weighted by Crippen LogP contribution is -2.48. The summed E-state index contributed by atoms with van der Waals surface area (Å²) in [7, 11) is -4.60. The fourth-order valence-corrected chi connectivity index (χ4v) is 6.14. The van der Waals surface area contributed by atoms with Crippen molar-refractivity contribution in [2.75, 3.05) is 12.3 Å². The number of carbonyl (C=O) groups is 2. The number of nitrogens with zero attached hydrogens (tertiary/aromatic N) is 2. The summed E-state index contributed by atoms with van der Waals surface area (Å²) in [5.74, 6) is -5.80. The highest BCUT2D eigenvalue weighted by Gasteiger charge is 2.65. The Kier molecular flexibility index (Phi) is 9.51. The van der Waals surface area contributed by atoms with Gasteiger partial charge in [-0.15, -0.1) is 0 Å². The Morgan fingerprint density at radius 3 is 2.49 bits per heavy atom. The molecule has 0 amide bonds. The Morgan fingerprint density at radius 1 is 1.28 bits per heavy atom. The van der Waals surface area contributed by atoms with Crippen LogP contribution >= 0.6 is 7.67 Å². The second-order valence-corrected chi connectivity index (χ2v) is 11.8. The fourth-order valence-electron chi connectivity index (χ4n) is 4.33. The van der Waals surface area contributed by atoms with E-state index in [1.165, 1.54) is 6.92 Å². The van der Waals surface area contributed by atoms with Crippen LogP contribution < -0.4 is 21.6 Å². The Morgan fingerprint density at radius 2 is 1.90 bits per heavy atom. The van der Waals surface area contributed by atoms with Crippen molar-refractivity contribution < 1.29 is 47.1 Å². The molecule has 1 aliphatic heterocycles. The van der Waals surface area contributed by atoms with Crippen LogP contribution in [0.25, 0.3) is 0 Å². The van der Waals surface area contributed by atoms with Gasteiger partial charge in [-0.3, -0.25) is 23.2 Å². The molecule has 0 spiro atoms. The zero-order valence-corrected chi connectivity index (χ0v) is 22.6. The number of hydrogen-bond donors (Lipinski definition) is 5. The molecule has 2 heterocycles. The van der Waals surface area contributed by atoms with Gasteiger partial charge in [0.15, 0.2) is 18.0 Å². The average Bonchev–Trinajstić information content (AvgIpc) is 3.03. The van der Waals surface area contributed by atoms with Crippen molar-refractivity contribution in [2.45, 2.75) is 94.9 Å². The molecule has 2 fully saturated rings. The molecule has 7 atom stereocenters. The summed E-state index contributed by atoms with van der Waals surface area (Å²) >= 11 is 0. The van der Waals surface area contributed by atoms with Crippen molar-refractivity contribution >= 4 is 25.4 Å². The molecule has 1 aromatic heterocycles. The molecule has 0 radical (unpaired) electrons. The molecular weight excluding hydrogens is 547 g/mol. The molecular formula is C22H34F2N5O9P. The number of esters is 1. The monoisotopic (exact) mass is 581 g/mol. The minimum atomic E-state index is -4.60. The van der Waals surface area contributed by atoms with Crippen LogP contribution in [0.15, 0.2) is 17.1 Å². The van der Waals surface area contributed by atoms with E-state index in [2.05, 4.69) is 15.2 Å². The number of alkyl halides is 2. The van der Waals surface area contributed by atoms with E-state index in [1.54, 1.807) is 0 Å². The van der Waals surface area contributed by atoms with E-state index in [-0.39, 0.29) is 11.9 Å². The van der Waals surface area contributed by atoms with Crippen LogP contribution in [0, 0.1) is 0 Å². The van der Waals surface area contributed by atoms with Crippen molar-refractivity contribution in [3.05, 3.63) is 22.7 Å². The van der Waals surface area contributed by atoms with Gasteiger partial charge in [0.2, 0.25) is 0 Å². The zero-order chi connectivity index (χ0) is 29.2. The molecule has 1 aromatic rings. The molecule has 1 unspecified atom stereocenters. The number of anilines is 1. The van der Waals surface area contributed by atoms with E-state index < -0.39 is 67.8 Å². The molecule has 14 nitrogen and oxygen atoms in total. The summed E-state index contributed by atoms with van der Waals surface area (Å²) in [6.07, 6.45) is 0.190. The highest BCUT2D eigenvalue weighted by atomic mass is 31.2. The first-order valence-corrected chi connectivity index (χ1v) is 14.0. The van der Waals surface area contributed by atoms with E-state index in [4.69, 9.17) is 19.7 Å². The molecule has 0 aromatic carbocycles. The number of carboxylic acid groups (broad SMARTS) is 1. The predicted octanol–water partition coefficient (Wildman–Crippen LogP) is 1.15. The summed E-state index contributed by atoms with van der Waals surface area (Å²) in [6.45, 7) is 1.79. The number of aliphatic hydroxyl groups excluding tert-OH is 1. The van der Waals surface area contributed by atoms with Crippen LogP contribution in [0.4, 0.5) is 14.6 Å². The van der Waals surface area contributed by atoms with Gasteiger partial charge in [-0.05, 0) is 52.5 Å². The minimum Gasteiger partial charge on any atom is -0.480 e. The van der Waals surface area contributed by atoms with Crippen molar-refractivity contribution in [1.82, 2.24) is 19.7 Å². The van der Waals surface area contributed by atoms with Crippen molar-refractivity contribution in [3.8, 4) is 0 Å². The Labute approximate surface area is 222 Å². The third-order valence-corrected chi connectivity index (χ3v) is 8.51. The molecule has 1 saturated carbocycles. The number of halogens is 2. The summed E-state index contributed by atoms with van der Waals surface area (Å²) in [4.78, 5) is 39.6. The number of aliphatic hydroxyl groups is 1. The number of carbonyl (C=O) groups excluding carboxylic acids is 1. The molecule has 0 bridgehead atoms. The van der Waals surface area contributed by atoms with Gasteiger partial charge in [0.05, 0.1) is 0 Å². The Hall–Kier alpha value is -2.49. The van der Waals surface area contributed by atoms with Gasteiger partial charge in [-0.1, -0.05) is 6.42 Å². The van der Waals surface area contributed by atoms with E-state index >= 15 is 8.78 Å². The maximum absolute atomic E-state index is 15.8. The normalized spacial score (nSPS) is 30.8. The average molecular weight is 582 g/mol. The van der Waals surface area contributed by atoms with Crippen LogP contribution in [0.3, 0.4) is 0 Å². The largest absolute Gasteiger partial charge is 0.480 e. The lowest BCUT2D eigenvalue weighted by molar-refractivity contribution is -0.203. The number of nitrogens with two attached hydrogens (primary N) is 1. The van der Waals surface area contributed by atoms with Gasteiger partial charge in [0, 0.05) is 6.20 Å². The van der Waals surface area contributed by atoms with Gasteiger partial charge in [0.25, 0.3) is 5.85 Å². The van der Waals surface area contributed by atoms with Crippen LogP contribution in [0.1, 0.15) is 59.1 Å². The van der Waals surface area contributed by atoms with Gasteiger partial charge in [0.1, 0.15) is 30.6 Å². The molecule has 1 saturated heterocycles. The SMILES string of the molecule is C[C@H](NP(=O)(N[C@@H](C)C(=O)OC1CCCCC1)OC[C@@]1(F)O[C@@H](n2ccc(N)nc2=O)[C@](C)(F)[C@@H]1O)C(=O)O. The molecule has 39 heavy (non-hydrogen) atoms. The van der Waals surface area contributed by atoms with E-state index in [1.807, 2.05) is 0 Å². The van der Waals surface area contributed by atoms with E-state index in [0.717, 1.165) is 45.4 Å². The lowest BCUT2D eigenvalue weighted by Gasteiger charge is -2.30. The molecule has 1 aliphatic carbocycles. The minimum absolute atomic E-state index is 0.188. The third kappa shape index (κ3) is 7.18. The Bertz CT molecular complexity index is 1160. The lowest BCUT2D eigenvalue weighted by atomic mass is 9.97. The number of nitrogens with one attached hydrogen (secondary N) is 2. The number of carboxylic acids is 1. The summed E-state index contributed by atoms with van der Waals surface area (Å²) in [5, 5.41) is 24.2. The topological polar surface area (TPSA) is 204 Å². The quantitative estimate of drug-likeness (QED) is 0.184. The number of aliphatic carboxylic acids is 1.